The number of rotatable bonds is 5. The number of carbonyl (C=O) groups is 1. The van der Waals surface area contributed by atoms with Crippen LogP contribution in [-0.4, -0.2) is 14.1 Å². The molecule has 0 spiro atoms. The lowest BCUT2D eigenvalue weighted by molar-refractivity contribution is -0.141. The molecule has 2 rings (SSSR count). The highest BCUT2D eigenvalue weighted by atomic mass is 28.4. The highest BCUT2D eigenvalue weighted by Crippen LogP contribution is 2.44. The predicted octanol–water partition coefficient (Wildman–Crippen LogP) is 4.90. The fourth-order valence-electron chi connectivity index (χ4n) is 3.62. The minimum absolute atomic E-state index is 0.169. The summed E-state index contributed by atoms with van der Waals surface area (Å²) in [5.74, 6) is 0.487. The van der Waals surface area contributed by atoms with Crippen molar-refractivity contribution in [2.45, 2.75) is 64.3 Å². The smallest absolute Gasteiger partial charge is 0.185 e. The molecule has 21 heavy (non-hydrogen) atoms. The van der Waals surface area contributed by atoms with Gasteiger partial charge in [-0.3, -0.25) is 4.79 Å². The maximum absolute atomic E-state index is 12.7. The van der Waals surface area contributed by atoms with Crippen LogP contribution in [0.15, 0.2) is 30.3 Å². The first kappa shape index (κ1) is 16.4. The molecule has 1 saturated carbocycles. The summed E-state index contributed by atoms with van der Waals surface area (Å²) in [5.41, 5.74) is 0.318. The van der Waals surface area contributed by atoms with E-state index in [0.717, 1.165) is 18.4 Å². The van der Waals surface area contributed by atoms with Crippen molar-refractivity contribution in [1.82, 2.24) is 0 Å². The molecule has 1 aliphatic carbocycles. The van der Waals surface area contributed by atoms with Gasteiger partial charge in [-0.15, -0.1) is 0 Å². The lowest BCUT2D eigenvalue weighted by Crippen LogP contribution is -2.51. The van der Waals surface area contributed by atoms with Crippen molar-refractivity contribution in [3.05, 3.63) is 35.9 Å². The minimum atomic E-state index is -1.84. The van der Waals surface area contributed by atoms with E-state index in [1.165, 1.54) is 19.3 Å². The van der Waals surface area contributed by atoms with Crippen LogP contribution in [-0.2, 0) is 14.8 Å². The molecule has 0 heterocycles. The van der Waals surface area contributed by atoms with Gasteiger partial charge in [0.15, 0.2) is 14.1 Å². The zero-order chi connectivity index (χ0) is 15.5. The lowest BCUT2D eigenvalue weighted by Gasteiger charge is -2.45. The second-order valence-corrected chi connectivity index (χ2v) is 11.6. The zero-order valence-corrected chi connectivity index (χ0v) is 14.8. The highest BCUT2D eigenvalue weighted by molar-refractivity contribution is 6.70. The van der Waals surface area contributed by atoms with Gasteiger partial charge in [0.2, 0.25) is 0 Å². The largest absolute Gasteiger partial charge is 0.401 e. The Balaban J connectivity index is 2.51. The summed E-state index contributed by atoms with van der Waals surface area (Å²) in [6.45, 7) is 8.24. The van der Waals surface area contributed by atoms with Gasteiger partial charge in [0.1, 0.15) is 5.60 Å². The molecule has 0 bridgehead atoms. The van der Waals surface area contributed by atoms with Crippen LogP contribution in [0, 0.1) is 5.92 Å². The van der Waals surface area contributed by atoms with E-state index in [1.807, 2.05) is 18.2 Å². The van der Waals surface area contributed by atoms with E-state index in [9.17, 15) is 4.79 Å². The first-order valence-electron chi connectivity index (χ1n) is 8.13. The van der Waals surface area contributed by atoms with Gasteiger partial charge in [-0.05, 0) is 50.9 Å². The van der Waals surface area contributed by atoms with Crippen LogP contribution >= 0.6 is 0 Å². The van der Waals surface area contributed by atoms with Crippen LogP contribution in [0.5, 0.6) is 0 Å². The topological polar surface area (TPSA) is 26.3 Å². The molecule has 0 radical (unpaired) electrons. The van der Waals surface area contributed by atoms with Gasteiger partial charge in [-0.2, -0.15) is 0 Å². The average molecular weight is 305 g/mol. The number of Topliss-reactive ketones (excluding diaryl/α,β-unsaturated/α-hetero) is 1. The standard InChI is InChI=1S/C18H28O2Si/c1-15(19)18(20-21(2,3)4,16-11-7-5-8-12-16)17-13-9-6-10-14-17/h5,7-8,11-12,17H,6,9-10,13-14H2,1-4H3/t18-/m1/s1. The third-order valence-electron chi connectivity index (χ3n) is 4.37. The van der Waals surface area contributed by atoms with Crippen molar-refractivity contribution < 1.29 is 9.22 Å². The molecule has 0 amide bonds. The predicted molar refractivity (Wildman–Crippen MR) is 89.8 cm³/mol. The van der Waals surface area contributed by atoms with Crippen molar-refractivity contribution >= 4 is 14.1 Å². The van der Waals surface area contributed by atoms with Crippen molar-refractivity contribution in [2.24, 2.45) is 5.92 Å². The normalized spacial score (nSPS) is 20.0. The Morgan fingerprint density at radius 1 is 1.10 bits per heavy atom. The van der Waals surface area contributed by atoms with E-state index in [0.29, 0.717) is 5.92 Å². The van der Waals surface area contributed by atoms with E-state index in [1.54, 1.807) is 6.92 Å². The molecule has 1 aliphatic rings. The second-order valence-electron chi connectivity index (χ2n) is 7.21. The maximum Gasteiger partial charge on any atom is 0.185 e. The Hall–Kier alpha value is -0.933. The fourth-order valence-corrected chi connectivity index (χ4v) is 5.01. The van der Waals surface area contributed by atoms with Gasteiger partial charge in [0, 0.05) is 0 Å². The molecule has 0 unspecified atom stereocenters. The molecule has 116 valence electrons. The molecule has 1 aromatic carbocycles. The quantitative estimate of drug-likeness (QED) is 0.723. The lowest BCUT2D eigenvalue weighted by atomic mass is 9.71. The molecule has 3 heteroatoms. The number of carbonyl (C=O) groups excluding carboxylic acids is 1. The van der Waals surface area contributed by atoms with Gasteiger partial charge in [-0.25, -0.2) is 0 Å². The van der Waals surface area contributed by atoms with Crippen LogP contribution in [0.1, 0.15) is 44.6 Å². The Morgan fingerprint density at radius 2 is 1.67 bits per heavy atom. The Labute approximate surface area is 130 Å². The van der Waals surface area contributed by atoms with Crippen molar-refractivity contribution in [3.8, 4) is 0 Å². The first-order chi connectivity index (χ1) is 9.86. The molecule has 0 N–H and O–H groups in total. The maximum atomic E-state index is 12.7. The van der Waals surface area contributed by atoms with Gasteiger partial charge in [-0.1, -0.05) is 49.6 Å². The van der Waals surface area contributed by atoms with E-state index < -0.39 is 13.9 Å². The van der Waals surface area contributed by atoms with Crippen LogP contribution in [0.4, 0.5) is 0 Å². The molecule has 0 saturated heterocycles. The Bertz CT molecular complexity index is 472. The SMILES string of the molecule is CC(=O)[C@@](O[Si](C)(C)C)(c1ccccc1)C1CCCCC1. The fraction of sp³-hybridized carbons (Fsp3) is 0.611. The molecular weight excluding hydrogens is 276 g/mol. The van der Waals surface area contributed by atoms with E-state index in [4.69, 9.17) is 4.43 Å². The molecule has 1 aromatic rings. The van der Waals surface area contributed by atoms with Crippen LogP contribution in [0.25, 0.3) is 0 Å². The molecule has 2 nitrogen and oxygen atoms in total. The third-order valence-corrected chi connectivity index (χ3v) is 5.31. The van der Waals surface area contributed by atoms with Crippen LogP contribution in [0.3, 0.4) is 0 Å². The summed E-state index contributed by atoms with van der Waals surface area (Å²) in [6.07, 6.45) is 5.90. The van der Waals surface area contributed by atoms with Gasteiger partial charge in [0.25, 0.3) is 0 Å². The van der Waals surface area contributed by atoms with E-state index in [2.05, 4.69) is 31.8 Å². The number of hydrogen-bond donors (Lipinski definition) is 0. The van der Waals surface area contributed by atoms with Gasteiger partial charge in [0.05, 0.1) is 0 Å². The van der Waals surface area contributed by atoms with Gasteiger partial charge >= 0.3 is 0 Å². The third kappa shape index (κ3) is 3.64. The Morgan fingerprint density at radius 3 is 2.14 bits per heavy atom. The summed E-state index contributed by atoms with van der Waals surface area (Å²) in [5, 5.41) is 0. The monoisotopic (exact) mass is 304 g/mol. The van der Waals surface area contributed by atoms with Crippen LogP contribution < -0.4 is 0 Å². The number of benzene rings is 1. The Kier molecular flexibility index (Phi) is 5.05. The van der Waals surface area contributed by atoms with E-state index in [-0.39, 0.29) is 5.78 Å². The van der Waals surface area contributed by atoms with E-state index >= 15 is 0 Å². The number of ketones is 1. The zero-order valence-electron chi connectivity index (χ0n) is 13.8. The van der Waals surface area contributed by atoms with Crippen molar-refractivity contribution in [3.63, 3.8) is 0 Å². The summed E-state index contributed by atoms with van der Waals surface area (Å²) in [7, 11) is -1.84. The minimum Gasteiger partial charge on any atom is -0.401 e. The molecular formula is C18H28O2Si. The van der Waals surface area contributed by atoms with Crippen molar-refractivity contribution in [2.75, 3.05) is 0 Å². The first-order valence-corrected chi connectivity index (χ1v) is 11.5. The molecule has 1 fully saturated rings. The summed E-state index contributed by atoms with van der Waals surface area (Å²) >= 11 is 0. The summed E-state index contributed by atoms with van der Waals surface area (Å²) < 4.78 is 6.60. The molecule has 1 atom stereocenters. The van der Waals surface area contributed by atoms with Crippen molar-refractivity contribution in [1.29, 1.82) is 0 Å². The van der Waals surface area contributed by atoms with Gasteiger partial charge < -0.3 is 4.43 Å². The second kappa shape index (κ2) is 6.45. The summed E-state index contributed by atoms with van der Waals surface area (Å²) in [4.78, 5) is 12.7. The molecule has 0 aromatic heterocycles. The highest BCUT2D eigenvalue weighted by Gasteiger charge is 2.48. The van der Waals surface area contributed by atoms with Crippen LogP contribution in [0.2, 0.25) is 19.6 Å². The molecule has 0 aliphatic heterocycles. The average Bonchev–Trinajstić information content (AvgIpc) is 2.45. The number of hydrogen-bond acceptors (Lipinski definition) is 2. The summed E-state index contributed by atoms with van der Waals surface area (Å²) in [6, 6.07) is 10.2.